The molecule has 0 unspecified atom stereocenters. The molecule has 3 heteroatoms. The van der Waals surface area contributed by atoms with Gasteiger partial charge in [-0.3, -0.25) is 0 Å². The number of rotatable bonds is 3. The Morgan fingerprint density at radius 2 is 2.30 bits per heavy atom. The summed E-state index contributed by atoms with van der Waals surface area (Å²) in [6.07, 6.45) is 3.47. The molecule has 0 aliphatic rings. The van der Waals surface area contributed by atoms with Gasteiger partial charge in [0.1, 0.15) is 0 Å². The SMILES string of the molecule is CCCC/C([O-])=C/C#N.[Li+]. The van der Waals surface area contributed by atoms with E-state index in [0.717, 1.165) is 18.9 Å². The summed E-state index contributed by atoms with van der Waals surface area (Å²) in [6.45, 7) is 2.01. The van der Waals surface area contributed by atoms with Crippen LogP contribution in [0.3, 0.4) is 0 Å². The van der Waals surface area contributed by atoms with E-state index in [1.807, 2.05) is 6.92 Å². The van der Waals surface area contributed by atoms with Crippen LogP contribution in [0.1, 0.15) is 26.2 Å². The molecule has 10 heavy (non-hydrogen) atoms. The van der Waals surface area contributed by atoms with Crippen LogP contribution < -0.4 is 24.0 Å². The second-order valence-corrected chi connectivity index (χ2v) is 1.84. The molecule has 0 atom stereocenters. The van der Waals surface area contributed by atoms with Gasteiger partial charge in [0.25, 0.3) is 0 Å². The van der Waals surface area contributed by atoms with Crippen molar-refractivity contribution in [3.05, 3.63) is 11.8 Å². The van der Waals surface area contributed by atoms with Gasteiger partial charge in [-0.05, 0) is 6.42 Å². The third-order valence-corrected chi connectivity index (χ3v) is 1.00. The molecule has 2 nitrogen and oxygen atoms in total. The molecule has 0 aliphatic heterocycles. The van der Waals surface area contributed by atoms with Gasteiger partial charge in [-0.1, -0.05) is 19.8 Å². The van der Waals surface area contributed by atoms with Gasteiger partial charge in [-0.25, -0.2) is 0 Å². The zero-order chi connectivity index (χ0) is 7.11. The van der Waals surface area contributed by atoms with E-state index in [1.165, 1.54) is 0 Å². The van der Waals surface area contributed by atoms with Crippen LogP contribution in [-0.4, -0.2) is 0 Å². The molecule has 0 amide bonds. The predicted octanol–water partition coefficient (Wildman–Crippen LogP) is -2.05. The van der Waals surface area contributed by atoms with Crippen LogP contribution in [0, 0.1) is 11.3 Å². The molecule has 0 aromatic carbocycles. The summed E-state index contributed by atoms with van der Waals surface area (Å²) >= 11 is 0. The number of nitrogens with zero attached hydrogens (tertiary/aromatic N) is 1. The predicted molar refractivity (Wildman–Crippen MR) is 33.2 cm³/mol. The molecule has 0 aromatic heterocycles. The molecular weight excluding hydrogens is 121 g/mol. The molecule has 0 saturated heterocycles. The molecule has 0 aliphatic carbocycles. The average molecular weight is 131 g/mol. The van der Waals surface area contributed by atoms with Crippen LogP contribution in [0.15, 0.2) is 11.8 Å². The van der Waals surface area contributed by atoms with Crippen LogP contribution in [0.2, 0.25) is 0 Å². The smallest absolute Gasteiger partial charge is 0.875 e. The quantitative estimate of drug-likeness (QED) is 0.251. The van der Waals surface area contributed by atoms with Gasteiger partial charge < -0.3 is 5.11 Å². The maximum Gasteiger partial charge on any atom is 1.00 e. The van der Waals surface area contributed by atoms with Crippen molar-refractivity contribution in [2.24, 2.45) is 0 Å². The standard InChI is InChI=1S/C7H11NO.Li/c1-2-3-4-7(9)5-6-8;/h5,9H,2-4H2,1H3;/q;+1/p-1/b7-5-;. The van der Waals surface area contributed by atoms with E-state index in [1.54, 1.807) is 6.07 Å². The van der Waals surface area contributed by atoms with Gasteiger partial charge in [-0.15, -0.1) is 5.76 Å². The third kappa shape index (κ3) is 7.63. The molecule has 0 fully saturated rings. The minimum atomic E-state index is -0.0562. The first-order valence-electron chi connectivity index (χ1n) is 3.07. The summed E-state index contributed by atoms with van der Waals surface area (Å²) in [6, 6.07) is 1.70. The van der Waals surface area contributed by atoms with Gasteiger partial charge in [0.2, 0.25) is 0 Å². The summed E-state index contributed by atoms with van der Waals surface area (Å²) in [5, 5.41) is 18.5. The van der Waals surface area contributed by atoms with Gasteiger partial charge in [0.15, 0.2) is 0 Å². The van der Waals surface area contributed by atoms with Crippen molar-refractivity contribution >= 4 is 0 Å². The normalized spacial score (nSPS) is 9.80. The molecule has 0 N–H and O–H groups in total. The average Bonchev–Trinajstić information content (AvgIpc) is 1.85. The zero-order valence-corrected chi connectivity index (χ0v) is 6.55. The van der Waals surface area contributed by atoms with Crippen molar-refractivity contribution in [1.29, 1.82) is 5.26 Å². The fourth-order valence-corrected chi connectivity index (χ4v) is 0.495. The summed E-state index contributed by atoms with van der Waals surface area (Å²) in [5.74, 6) is -0.0562. The number of hydrogen-bond acceptors (Lipinski definition) is 2. The fourth-order valence-electron chi connectivity index (χ4n) is 0.495. The Morgan fingerprint density at radius 1 is 1.70 bits per heavy atom. The van der Waals surface area contributed by atoms with Crippen LogP contribution >= 0.6 is 0 Å². The molecule has 0 spiro atoms. The van der Waals surface area contributed by atoms with Crippen LogP contribution in [-0.2, 0) is 0 Å². The van der Waals surface area contributed by atoms with Gasteiger partial charge >= 0.3 is 18.9 Å². The van der Waals surface area contributed by atoms with E-state index < -0.39 is 0 Å². The van der Waals surface area contributed by atoms with Gasteiger partial charge in [0, 0.05) is 6.08 Å². The molecule has 0 aromatic rings. The van der Waals surface area contributed by atoms with E-state index in [4.69, 9.17) is 5.26 Å². The van der Waals surface area contributed by atoms with Crippen molar-refractivity contribution in [2.45, 2.75) is 26.2 Å². The van der Waals surface area contributed by atoms with E-state index in [0.29, 0.717) is 6.42 Å². The number of unbranched alkanes of at least 4 members (excludes halogenated alkanes) is 1. The van der Waals surface area contributed by atoms with E-state index >= 15 is 0 Å². The minimum Gasteiger partial charge on any atom is -0.875 e. The maximum atomic E-state index is 10.5. The monoisotopic (exact) mass is 131 g/mol. The van der Waals surface area contributed by atoms with Crippen LogP contribution in [0.4, 0.5) is 0 Å². The molecule has 0 rings (SSSR count). The van der Waals surface area contributed by atoms with Crippen molar-refractivity contribution in [3.63, 3.8) is 0 Å². The van der Waals surface area contributed by atoms with E-state index in [2.05, 4.69) is 0 Å². The fraction of sp³-hybridized carbons (Fsp3) is 0.571. The third-order valence-electron chi connectivity index (χ3n) is 1.00. The Labute approximate surface area is 73.7 Å². The molecule has 0 heterocycles. The summed E-state index contributed by atoms with van der Waals surface area (Å²) in [7, 11) is 0. The van der Waals surface area contributed by atoms with Crippen molar-refractivity contribution in [3.8, 4) is 6.07 Å². The molecular formula is C7H10LiNO. The van der Waals surface area contributed by atoms with E-state index in [-0.39, 0.29) is 24.6 Å². The Morgan fingerprint density at radius 3 is 2.70 bits per heavy atom. The molecule has 0 saturated carbocycles. The molecule has 0 bridgehead atoms. The molecule has 0 radical (unpaired) electrons. The van der Waals surface area contributed by atoms with E-state index in [9.17, 15) is 5.11 Å². The topological polar surface area (TPSA) is 46.8 Å². The van der Waals surface area contributed by atoms with Crippen molar-refractivity contribution in [1.82, 2.24) is 0 Å². The van der Waals surface area contributed by atoms with Crippen LogP contribution in [0.5, 0.6) is 0 Å². The zero-order valence-electron chi connectivity index (χ0n) is 6.55. The first-order valence-corrected chi connectivity index (χ1v) is 3.07. The maximum absolute atomic E-state index is 10.5. The first kappa shape index (κ1) is 12.3. The summed E-state index contributed by atoms with van der Waals surface area (Å²) in [4.78, 5) is 0. The number of nitriles is 1. The molecule has 50 valence electrons. The second-order valence-electron chi connectivity index (χ2n) is 1.84. The Hall–Kier alpha value is -0.373. The number of allylic oxidation sites excluding steroid dienone is 2. The van der Waals surface area contributed by atoms with Gasteiger partial charge in [-0.2, -0.15) is 5.26 Å². The summed E-state index contributed by atoms with van der Waals surface area (Å²) in [5.41, 5.74) is 0. The minimum absolute atomic E-state index is 0. The first-order chi connectivity index (χ1) is 4.31. The Balaban J connectivity index is 0. The summed E-state index contributed by atoms with van der Waals surface area (Å²) < 4.78 is 0. The largest absolute Gasteiger partial charge is 1.00 e. The van der Waals surface area contributed by atoms with Crippen molar-refractivity contribution in [2.75, 3.05) is 0 Å². The Kier molecular flexibility index (Phi) is 10.6. The number of hydrogen-bond donors (Lipinski definition) is 0. The van der Waals surface area contributed by atoms with Gasteiger partial charge in [0.05, 0.1) is 6.07 Å². The van der Waals surface area contributed by atoms with Crippen molar-refractivity contribution < 1.29 is 24.0 Å². The van der Waals surface area contributed by atoms with Crippen LogP contribution in [0.25, 0.3) is 0 Å². The second kappa shape index (κ2) is 8.63. The Bertz CT molecular complexity index is 137.